The zero-order chi connectivity index (χ0) is 14.4. The van der Waals surface area contributed by atoms with Crippen LogP contribution in [0.4, 0.5) is 0 Å². The normalized spacial score (nSPS) is 10.7. The first-order chi connectivity index (χ1) is 8.91. The number of hydrogen-bond donors (Lipinski definition) is 2. The van der Waals surface area contributed by atoms with Gasteiger partial charge in [-0.25, -0.2) is 4.98 Å². The van der Waals surface area contributed by atoms with Gasteiger partial charge in [0.1, 0.15) is 0 Å². The van der Waals surface area contributed by atoms with Crippen molar-refractivity contribution in [1.29, 1.82) is 0 Å². The number of thioether (sulfide) groups is 1. The first kappa shape index (κ1) is 15.6. The van der Waals surface area contributed by atoms with Crippen LogP contribution >= 0.6 is 11.8 Å². The van der Waals surface area contributed by atoms with Crippen LogP contribution in [0.1, 0.15) is 32.4 Å². The standard InChI is InChI=1S/C12H19N3O3S/c1-8(2)10-6-14-12(19-7-11(17)18)15(10)5-4-13-9(3)16/h6,8H,4-5,7H2,1-3H3,(H,13,16)(H,17,18). The molecule has 0 aliphatic rings. The minimum Gasteiger partial charge on any atom is -0.481 e. The van der Waals surface area contributed by atoms with Gasteiger partial charge in [0.05, 0.1) is 5.75 Å². The van der Waals surface area contributed by atoms with E-state index >= 15 is 0 Å². The lowest BCUT2D eigenvalue weighted by atomic mass is 10.1. The Balaban J connectivity index is 2.79. The summed E-state index contributed by atoms with van der Waals surface area (Å²) in [5, 5.41) is 12.1. The number of carboxylic acids is 1. The summed E-state index contributed by atoms with van der Waals surface area (Å²) in [4.78, 5) is 25.7. The fraction of sp³-hybridized carbons (Fsp3) is 0.583. The molecule has 1 aromatic rings. The second kappa shape index (κ2) is 7.18. The minimum absolute atomic E-state index is 0.0192. The van der Waals surface area contributed by atoms with Crippen LogP contribution in [0.15, 0.2) is 11.4 Å². The smallest absolute Gasteiger partial charge is 0.313 e. The molecule has 0 saturated carbocycles. The lowest BCUT2D eigenvalue weighted by molar-refractivity contribution is -0.133. The molecule has 0 fully saturated rings. The Bertz CT molecular complexity index is 457. The summed E-state index contributed by atoms with van der Waals surface area (Å²) in [6, 6.07) is 0. The van der Waals surface area contributed by atoms with Crippen molar-refractivity contribution in [1.82, 2.24) is 14.9 Å². The highest BCUT2D eigenvalue weighted by atomic mass is 32.2. The summed E-state index contributed by atoms with van der Waals surface area (Å²) in [7, 11) is 0. The molecule has 19 heavy (non-hydrogen) atoms. The molecule has 0 bridgehead atoms. The summed E-state index contributed by atoms with van der Waals surface area (Å²) < 4.78 is 1.97. The third-order valence-electron chi connectivity index (χ3n) is 2.48. The number of nitrogens with zero attached hydrogens (tertiary/aromatic N) is 2. The van der Waals surface area contributed by atoms with Crippen molar-refractivity contribution < 1.29 is 14.7 Å². The Morgan fingerprint density at radius 2 is 2.21 bits per heavy atom. The van der Waals surface area contributed by atoms with Crippen molar-refractivity contribution in [3.63, 3.8) is 0 Å². The monoisotopic (exact) mass is 285 g/mol. The molecule has 0 saturated heterocycles. The molecule has 1 rings (SSSR count). The van der Waals surface area contributed by atoms with Crippen molar-refractivity contribution in [2.45, 2.75) is 38.4 Å². The number of carbonyl (C=O) groups is 2. The van der Waals surface area contributed by atoms with E-state index in [1.54, 1.807) is 6.20 Å². The van der Waals surface area contributed by atoms with Crippen molar-refractivity contribution in [2.75, 3.05) is 12.3 Å². The predicted octanol–water partition coefficient (Wildman–Crippen LogP) is 1.32. The summed E-state index contributed by atoms with van der Waals surface area (Å²) in [6.45, 7) is 6.67. The Hall–Kier alpha value is -1.50. The van der Waals surface area contributed by atoms with Crippen LogP contribution in [-0.2, 0) is 16.1 Å². The molecule has 0 unspecified atom stereocenters. The number of aliphatic carboxylic acids is 1. The van der Waals surface area contributed by atoms with E-state index in [1.165, 1.54) is 18.7 Å². The Kier molecular flexibility index (Phi) is 5.88. The van der Waals surface area contributed by atoms with Crippen LogP contribution in [0.2, 0.25) is 0 Å². The Labute approximate surface area is 116 Å². The van der Waals surface area contributed by atoms with Gasteiger partial charge in [-0.2, -0.15) is 0 Å². The number of aromatic nitrogens is 2. The van der Waals surface area contributed by atoms with Crippen LogP contribution in [0.25, 0.3) is 0 Å². The lowest BCUT2D eigenvalue weighted by Gasteiger charge is -2.13. The molecular weight excluding hydrogens is 266 g/mol. The van der Waals surface area contributed by atoms with Gasteiger partial charge >= 0.3 is 5.97 Å². The van der Waals surface area contributed by atoms with Gasteiger partial charge in [0, 0.05) is 31.9 Å². The molecule has 0 atom stereocenters. The fourth-order valence-corrected chi connectivity index (χ4v) is 2.37. The summed E-state index contributed by atoms with van der Waals surface area (Å²) >= 11 is 1.19. The van der Waals surface area contributed by atoms with Gasteiger partial charge in [-0.15, -0.1) is 0 Å². The van der Waals surface area contributed by atoms with Gasteiger partial charge in [0.2, 0.25) is 5.91 Å². The maximum Gasteiger partial charge on any atom is 0.313 e. The predicted molar refractivity (Wildman–Crippen MR) is 73.4 cm³/mol. The number of imidazole rings is 1. The number of carboxylic acid groups (broad SMARTS) is 1. The minimum atomic E-state index is -0.868. The van der Waals surface area contributed by atoms with E-state index in [0.29, 0.717) is 24.2 Å². The third-order valence-corrected chi connectivity index (χ3v) is 3.45. The fourth-order valence-electron chi connectivity index (χ4n) is 1.64. The zero-order valence-electron chi connectivity index (χ0n) is 11.3. The van der Waals surface area contributed by atoms with Crippen LogP contribution in [0.3, 0.4) is 0 Å². The molecule has 1 heterocycles. The highest BCUT2D eigenvalue weighted by molar-refractivity contribution is 7.99. The Morgan fingerprint density at radius 3 is 2.74 bits per heavy atom. The van der Waals surface area contributed by atoms with E-state index < -0.39 is 5.97 Å². The average molecular weight is 285 g/mol. The third kappa shape index (κ3) is 4.94. The first-order valence-corrected chi connectivity index (χ1v) is 7.04. The molecule has 1 aromatic heterocycles. The maximum absolute atomic E-state index is 10.9. The van der Waals surface area contributed by atoms with Crippen LogP contribution in [0.5, 0.6) is 0 Å². The zero-order valence-corrected chi connectivity index (χ0v) is 12.2. The summed E-state index contributed by atoms with van der Waals surface area (Å²) in [6.07, 6.45) is 1.77. The van der Waals surface area contributed by atoms with E-state index in [9.17, 15) is 9.59 Å². The van der Waals surface area contributed by atoms with Crippen LogP contribution in [-0.4, -0.2) is 38.8 Å². The van der Waals surface area contributed by atoms with Crippen LogP contribution in [0, 0.1) is 0 Å². The molecule has 106 valence electrons. The second-order valence-electron chi connectivity index (χ2n) is 4.44. The molecule has 0 aliphatic heterocycles. The van der Waals surface area contributed by atoms with E-state index in [4.69, 9.17) is 5.11 Å². The highest BCUT2D eigenvalue weighted by Gasteiger charge is 2.14. The number of hydrogen-bond acceptors (Lipinski definition) is 4. The Morgan fingerprint density at radius 1 is 1.53 bits per heavy atom. The van der Waals surface area contributed by atoms with E-state index in [-0.39, 0.29) is 11.7 Å². The second-order valence-corrected chi connectivity index (χ2v) is 5.38. The molecule has 0 spiro atoms. The molecular formula is C12H19N3O3S. The van der Waals surface area contributed by atoms with Crippen molar-refractivity contribution >= 4 is 23.6 Å². The van der Waals surface area contributed by atoms with Crippen LogP contribution < -0.4 is 5.32 Å². The molecule has 6 nitrogen and oxygen atoms in total. The van der Waals surface area contributed by atoms with E-state index in [0.717, 1.165) is 5.69 Å². The van der Waals surface area contributed by atoms with E-state index in [2.05, 4.69) is 24.1 Å². The van der Waals surface area contributed by atoms with Crippen molar-refractivity contribution in [3.8, 4) is 0 Å². The lowest BCUT2D eigenvalue weighted by Crippen LogP contribution is -2.25. The van der Waals surface area contributed by atoms with Gasteiger partial charge in [-0.05, 0) is 5.92 Å². The van der Waals surface area contributed by atoms with Gasteiger partial charge in [0.15, 0.2) is 5.16 Å². The van der Waals surface area contributed by atoms with Gasteiger partial charge in [-0.1, -0.05) is 25.6 Å². The molecule has 0 aromatic carbocycles. The van der Waals surface area contributed by atoms with Gasteiger partial charge in [-0.3, -0.25) is 9.59 Å². The molecule has 7 heteroatoms. The topological polar surface area (TPSA) is 84.2 Å². The number of amides is 1. The highest BCUT2D eigenvalue weighted by Crippen LogP contribution is 2.23. The summed E-state index contributed by atoms with van der Waals surface area (Å²) in [5.41, 5.74) is 1.04. The van der Waals surface area contributed by atoms with Gasteiger partial charge < -0.3 is 15.0 Å². The average Bonchev–Trinajstić information content (AvgIpc) is 2.69. The largest absolute Gasteiger partial charge is 0.481 e. The first-order valence-electron chi connectivity index (χ1n) is 6.06. The number of carbonyl (C=O) groups excluding carboxylic acids is 1. The van der Waals surface area contributed by atoms with Crippen molar-refractivity contribution in [2.24, 2.45) is 0 Å². The molecule has 1 amide bonds. The quantitative estimate of drug-likeness (QED) is 0.738. The molecule has 0 aliphatic carbocycles. The number of rotatable bonds is 7. The SMILES string of the molecule is CC(=O)NCCn1c(C(C)C)cnc1SCC(=O)O. The molecule has 0 radical (unpaired) electrons. The van der Waals surface area contributed by atoms with E-state index in [1.807, 2.05) is 4.57 Å². The van der Waals surface area contributed by atoms with Crippen molar-refractivity contribution in [3.05, 3.63) is 11.9 Å². The molecule has 2 N–H and O–H groups in total. The maximum atomic E-state index is 10.9. The summed E-state index contributed by atoms with van der Waals surface area (Å²) in [5.74, 6) is -0.670. The van der Waals surface area contributed by atoms with Gasteiger partial charge in [0.25, 0.3) is 0 Å². The number of nitrogens with one attached hydrogen (secondary N) is 1.